The van der Waals surface area contributed by atoms with E-state index < -0.39 is 0 Å². The maximum absolute atomic E-state index is 11.9. The fourth-order valence-electron chi connectivity index (χ4n) is 2.44. The highest BCUT2D eigenvalue weighted by atomic mass is 16.3. The van der Waals surface area contributed by atoms with Crippen LogP contribution in [0.25, 0.3) is 22.6 Å². The number of nitrogens with one attached hydrogen (secondary N) is 1. The lowest BCUT2D eigenvalue weighted by Crippen LogP contribution is -2.17. The number of oxazole rings is 1. The summed E-state index contributed by atoms with van der Waals surface area (Å²) in [6.45, 7) is 8.05. The van der Waals surface area contributed by atoms with Crippen molar-refractivity contribution >= 4 is 22.7 Å². The molecule has 0 aliphatic heterocycles. The Balaban J connectivity index is 1.94. The van der Waals surface area contributed by atoms with Gasteiger partial charge in [-0.2, -0.15) is 0 Å². The average molecular weight is 322 g/mol. The lowest BCUT2D eigenvalue weighted by atomic mass is 10.0. The molecule has 0 fully saturated rings. The molecule has 0 atom stereocenters. The Bertz CT molecular complexity index is 878. The predicted molar refractivity (Wildman–Crippen MR) is 97.0 cm³/mol. The number of rotatable bonds is 4. The first-order valence-corrected chi connectivity index (χ1v) is 8.26. The van der Waals surface area contributed by atoms with Crippen LogP contribution in [0.15, 0.2) is 46.9 Å². The van der Waals surface area contributed by atoms with Gasteiger partial charge in [0.2, 0.25) is 11.8 Å². The van der Waals surface area contributed by atoms with Crippen LogP contribution in [0.2, 0.25) is 0 Å². The van der Waals surface area contributed by atoms with Crippen LogP contribution in [0.1, 0.15) is 39.2 Å². The molecule has 0 aliphatic carbocycles. The largest absolute Gasteiger partial charge is 0.436 e. The van der Waals surface area contributed by atoms with Crippen molar-refractivity contribution in [2.24, 2.45) is 5.92 Å². The quantitative estimate of drug-likeness (QED) is 0.717. The van der Waals surface area contributed by atoms with E-state index in [4.69, 9.17) is 4.42 Å². The Hall–Kier alpha value is -2.62. The van der Waals surface area contributed by atoms with Gasteiger partial charge in [0.05, 0.1) is 0 Å². The maximum Gasteiger partial charge on any atom is 0.227 e. The summed E-state index contributed by atoms with van der Waals surface area (Å²) in [5, 5.41) is 2.90. The Morgan fingerprint density at radius 3 is 2.58 bits per heavy atom. The van der Waals surface area contributed by atoms with Crippen molar-refractivity contribution in [1.29, 1.82) is 0 Å². The molecule has 0 bridgehead atoms. The molecule has 0 aliphatic rings. The van der Waals surface area contributed by atoms with E-state index >= 15 is 0 Å². The molecule has 1 aromatic heterocycles. The topological polar surface area (TPSA) is 55.1 Å². The second-order valence-electron chi connectivity index (χ2n) is 6.63. The van der Waals surface area contributed by atoms with Crippen LogP contribution in [-0.2, 0) is 4.79 Å². The highest BCUT2D eigenvalue weighted by Crippen LogP contribution is 2.28. The molecule has 124 valence electrons. The van der Waals surface area contributed by atoms with Gasteiger partial charge in [0.1, 0.15) is 5.52 Å². The second-order valence-corrected chi connectivity index (χ2v) is 6.63. The minimum Gasteiger partial charge on any atom is -0.436 e. The lowest BCUT2D eigenvalue weighted by Gasteiger charge is -2.08. The minimum absolute atomic E-state index is 0.00806. The van der Waals surface area contributed by atoms with Crippen LogP contribution in [0.3, 0.4) is 0 Å². The third kappa shape index (κ3) is 3.32. The zero-order chi connectivity index (χ0) is 17.3. The van der Waals surface area contributed by atoms with E-state index in [1.54, 1.807) is 0 Å². The SMILES string of the molecule is CC(C)C(=O)Nc1cccc(-c2nc3cc(C(C)C)ccc3o2)c1. The van der Waals surface area contributed by atoms with Crippen LogP contribution in [-0.4, -0.2) is 10.9 Å². The van der Waals surface area contributed by atoms with Crippen molar-refractivity contribution in [3.8, 4) is 11.5 Å². The monoisotopic (exact) mass is 322 g/mol. The highest BCUT2D eigenvalue weighted by Gasteiger charge is 2.12. The third-order valence-electron chi connectivity index (χ3n) is 3.98. The average Bonchev–Trinajstić information content (AvgIpc) is 2.98. The first kappa shape index (κ1) is 16.2. The van der Waals surface area contributed by atoms with Crippen molar-refractivity contribution in [2.75, 3.05) is 5.32 Å². The number of aromatic nitrogens is 1. The third-order valence-corrected chi connectivity index (χ3v) is 3.98. The molecule has 4 heteroatoms. The van der Waals surface area contributed by atoms with Gasteiger partial charge in [-0.25, -0.2) is 4.98 Å². The molecule has 0 saturated carbocycles. The summed E-state index contributed by atoms with van der Waals surface area (Å²) in [6, 6.07) is 13.7. The van der Waals surface area contributed by atoms with E-state index in [1.807, 2.05) is 44.2 Å². The normalized spacial score (nSPS) is 11.4. The molecular formula is C20H22N2O2. The molecular weight excluding hydrogens is 300 g/mol. The summed E-state index contributed by atoms with van der Waals surface area (Å²) < 4.78 is 5.87. The van der Waals surface area contributed by atoms with Crippen molar-refractivity contribution in [2.45, 2.75) is 33.6 Å². The fraction of sp³-hybridized carbons (Fsp3) is 0.300. The zero-order valence-corrected chi connectivity index (χ0v) is 14.5. The van der Waals surface area contributed by atoms with Crippen molar-refractivity contribution in [3.05, 3.63) is 48.0 Å². The number of amides is 1. The molecule has 3 aromatic rings. The van der Waals surface area contributed by atoms with Gasteiger partial charge < -0.3 is 9.73 Å². The number of hydrogen-bond donors (Lipinski definition) is 1. The van der Waals surface area contributed by atoms with Crippen LogP contribution in [0, 0.1) is 5.92 Å². The molecule has 2 aromatic carbocycles. The number of benzene rings is 2. The second kappa shape index (κ2) is 6.48. The fourth-order valence-corrected chi connectivity index (χ4v) is 2.44. The molecule has 1 heterocycles. The number of anilines is 1. The summed E-state index contributed by atoms with van der Waals surface area (Å²) in [4.78, 5) is 16.5. The summed E-state index contributed by atoms with van der Waals surface area (Å²) in [6.07, 6.45) is 0. The minimum atomic E-state index is -0.0626. The van der Waals surface area contributed by atoms with Crippen LogP contribution >= 0.6 is 0 Å². The zero-order valence-electron chi connectivity index (χ0n) is 14.5. The standard InChI is InChI=1S/C20H22N2O2/c1-12(2)14-8-9-18-17(11-14)22-20(24-18)15-6-5-7-16(10-15)21-19(23)13(3)4/h5-13H,1-4H3,(H,21,23). The van der Waals surface area contributed by atoms with E-state index in [2.05, 4.69) is 36.3 Å². The molecule has 3 rings (SSSR count). The smallest absolute Gasteiger partial charge is 0.227 e. The van der Waals surface area contributed by atoms with Gasteiger partial charge in [0.25, 0.3) is 0 Å². The Morgan fingerprint density at radius 1 is 1.08 bits per heavy atom. The Kier molecular flexibility index (Phi) is 4.38. The molecule has 0 spiro atoms. The van der Waals surface area contributed by atoms with Gasteiger partial charge in [0, 0.05) is 17.2 Å². The summed E-state index contributed by atoms with van der Waals surface area (Å²) >= 11 is 0. The summed E-state index contributed by atoms with van der Waals surface area (Å²) in [7, 11) is 0. The molecule has 1 N–H and O–H groups in total. The van der Waals surface area contributed by atoms with E-state index in [1.165, 1.54) is 5.56 Å². The van der Waals surface area contributed by atoms with Gasteiger partial charge >= 0.3 is 0 Å². The number of carbonyl (C=O) groups is 1. The molecule has 4 nitrogen and oxygen atoms in total. The summed E-state index contributed by atoms with van der Waals surface area (Å²) in [5.41, 5.74) is 4.45. The van der Waals surface area contributed by atoms with Gasteiger partial charge in [-0.05, 0) is 41.8 Å². The van der Waals surface area contributed by atoms with Crippen LogP contribution in [0.4, 0.5) is 5.69 Å². The number of carbonyl (C=O) groups excluding carboxylic acids is 1. The van der Waals surface area contributed by atoms with Gasteiger partial charge in [-0.15, -0.1) is 0 Å². The molecule has 0 unspecified atom stereocenters. The molecule has 0 saturated heterocycles. The van der Waals surface area contributed by atoms with Crippen molar-refractivity contribution in [1.82, 2.24) is 4.98 Å². The van der Waals surface area contributed by atoms with Crippen molar-refractivity contribution < 1.29 is 9.21 Å². The lowest BCUT2D eigenvalue weighted by molar-refractivity contribution is -0.118. The number of fused-ring (bicyclic) bond motifs is 1. The van der Waals surface area contributed by atoms with Crippen LogP contribution < -0.4 is 5.32 Å². The van der Waals surface area contributed by atoms with Crippen LogP contribution in [0.5, 0.6) is 0 Å². The van der Waals surface area contributed by atoms with E-state index in [0.717, 1.165) is 22.4 Å². The first-order valence-electron chi connectivity index (χ1n) is 8.26. The first-order chi connectivity index (χ1) is 11.4. The van der Waals surface area contributed by atoms with Gasteiger partial charge in [0.15, 0.2) is 5.58 Å². The Labute approximate surface area is 141 Å². The molecule has 1 amide bonds. The maximum atomic E-state index is 11.9. The molecule has 24 heavy (non-hydrogen) atoms. The number of hydrogen-bond acceptors (Lipinski definition) is 3. The van der Waals surface area contributed by atoms with E-state index in [9.17, 15) is 4.79 Å². The number of nitrogens with zero attached hydrogens (tertiary/aromatic N) is 1. The predicted octanol–water partition coefficient (Wildman–Crippen LogP) is 5.21. The molecule has 0 radical (unpaired) electrons. The highest BCUT2D eigenvalue weighted by molar-refractivity contribution is 5.92. The van der Waals surface area contributed by atoms with Crippen molar-refractivity contribution in [3.63, 3.8) is 0 Å². The Morgan fingerprint density at radius 2 is 1.88 bits per heavy atom. The van der Waals surface area contributed by atoms with E-state index in [-0.39, 0.29) is 11.8 Å². The van der Waals surface area contributed by atoms with Gasteiger partial charge in [-0.3, -0.25) is 4.79 Å². The van der Waals surface area contributed by atoms with Gasteiger partial charge in [-0.1, -0.05) is 39.8 Å². The summed E-state index contributed by atoms with van der Waals surface area (Å²) in [5.74, 6) is 0.939. The van der Waals surface area contributed by atoms with E-state index in [0.29, 0.717) is 11.8 Å².